The van der Waals surface area contributed by atoms with Crippen LogP contribution in [0, 0.1) is 0 Å². The minimum Gasteiger partial charge on any atom is -0.487 e. The minimum atomic E-state index is -3.25. The fourth-order valence-electron chi connectivity index (χ4n) is 2.40. The van der Waals surface area contributed by atoms with E-state index in [4.69, 9.17) is 4.74 Å². The Labute approximate surface area is 135 Å². The highest BCUT2D eigenvalue weighted by molar-refractivity contribution is 7.90. The molecule has 2 aromatic carbocycles. The van der Waals surface area contributed by atoms with E-state index in [0.717, 1.165) is 12.0 Å². The van der Waals surface area contributed by atoms with Crippen molar-refractivity contribution < 1.29 is 17.9 Å². The van der Waals surface area contributed by atoms with E-state index in [1.165, 1.54) is 12.1 Å². The lowest BCUT2D eigenvalue weighted by molar-refractivity contribution is 0.0178. The van der Waals surface area contributed by atoms with Crippen LogP contribution in [0.4, 0.5) is 0 Å². The second-order valence-electron chi connectivity index (χ2n) is 5.56. The first-order chi connectivity index (χ1) is 10.9. The molecule has 3 rings (SSSR count). The second kappa shape index (κ2) is 6.04. The number of hydrogen-bond donors (Lipinski definition) is 0. The van der Waals surface area contributed by atoms with Crippen LogP contribution in [0.15, 0.2) is 59.5 Å². The molecule has 0 aliphatic carbocycles. The highest BCUT2D eigenvalue weighted by Gasteiger charge is 2.32. The van der Waals surface area contributed by atoms with Gasteiger partial charge in [-0.05, 0) is 36.4 Å². The zero-order valence-electron chi connectivity index (χ0n) is 12.7. The van der Waals surface area contributed by atoms with Crippen molar-refractivity contribution in [2.24, 2.45) is 0 Å². The number of rotatable bonds is 4. The van der Waals surface area contributed by atoms with Crippen molar-refractivity contribution >= 4 is 15.7 Å². The molecular weight excluding hydrogens is 314 g/mol. The normalized spacial score (nSPS) is 15.1. The molecule has 1 amide bonds. The number of ether oxygens (including phenoxy) is 1. The third kappa shape index (κ3) is 3.53. The van der Waals surface area contributed by atoms with Crippen LogP contribution >= 0.6 is 0 Å². The van der Waals surface area contributed by atoms with Crippen LogP contribution in [-0.4, -0.2) is 44.7 Å². The van der Waals surface area contributed by atoms with Gasteiger partial charge in [0.05, 0.1) is 18.0 Å². The molecule has 0 atom stereocenters. The maximum atomic E-state index is 12.3. The summed E-state index contributed by atoms with van der Waals surface area (Å²) in [4.78, 5) is 14.2. The molecule has 1 aliphatic heterocycles. The van der Waals surface area contributed by atoms with Crippen molar-refractivity contribution in [2.45, 2.75) is 11.0 Å². The first-order valence-corrected chi connectivity index (χ1v) is 9.14. The lowest BCUT2D eigenvalue weighted by Gasteiger charge is -2.39. The first kappa shape index (κ1) is 15.6. The fraction of sp³-hybridized carbons (Fsp3) is 0.235. The zero-order chi connectivity index (χ0) is 16.4. The predicted octanol–water partition coefficient (Wildman–Crippen LogP) is 1.99. The van der Waals surface area contributed by atoms with Gasteiger partial charge in [0, 0.05) is 11.8 Å². The molecule has 6 heteroatoms. The van der Waals surface area contributed by atoms with E-state index in [1.807, 2.05) is 30.3 Å². The van der Waals surface area contributed by atoms with Crippen LogP contribution < -0.4 is 4.74 Å². The molecule has 2 aromatic rings. The van der Waals surface area contributed by atoms with Gasteiger partial charge in [-0.2, -0.15) is 0 Å². The Morgan fingerprint density at radius 3 is 2.22 bits per heavy atom. The predicted molar refractivity (Wildman–Crippen MR) is 86.3 cm³/mol. The maximum Gasteiger partial charge on any atom is 0.254 e. The third-order valence-electron chi connectivity index (χ3n) is 3.71. The summed E-state index contributed by atoms with van der Waals surface area (Å²) >= 11 is 0. The molecule has 0 spiro atoms. The summed E-state index contributed by atoms with van der Waals surface area (Å²) in [5.41, 5.74) is 0.482. The summed E-state index contributed by atoms with van der Waals surface area (Å²) in [6, 6.07) is 15.5. The van der Waals surface area contributed by atoms with E-state index in [0.29, 0.717) is 18.7 Å². The topological polar surface area (TPSA) is 63.7 Å². The molecule has 1 fully saturated rings. The average Bonchev–Trinajstić information content (AvgIpc) is 2.50. The lowest BCUT2D eigenvalue weighted by Crippen LogP contribution is -2.56. The Kier molecular flexibility index (Phi) is 4.09. The van der Waals surface area contributed by atoms with Crippen LogP contribution in [0.5, 0.6) is 5.75 Å². The summed E-state index contributed by atoms with van der Waals surface area (Å²) in [7, 11) is -3.25. The summed E-state index contributed by atoms with van der Waals surface area (Å²) < 4.78 is 28.6. The van der Waals surface area contributed by atoms with Gasteiger partial charge in [0.2, 0.25) is 0 Å². The number of carbonyl (C=O) groups excluding carboxylic acids is 1. The monoisotopic (exact) mass is 331 g/mol. The van der Waals surface area contributed by atoms with E-state index in [-0.39, 0.29) is 16.9 Å². The molecule has 5 nitrogen and oxygen atoms in total. The summed E-state index contributed by atoms with van der Waals surface area (Å²) in [5, 5.41) is 0. The minimum absolute atomic E-state index is 0.00311. The van der Waals surface area contributed by atoms with E-state index in [1.54, 1.807) is 17.0 Å². The number of hydrogen-bond acceptors (Lipinski definition) is 4. The molecule has 1 aliphatic rings. The van der Waals surface area contributed by atoms with Crippen molar-refractivity contribution in [1.82, 2.24) is 4.90 Å². The van der Waals surface area contributed by atoms with Crippen molar-refractivity contribution in [3.05, 3.63) is 60.2 Å². The Bertz CT molecular complexity index is 794. The molecule has 1 saturated heterocycles. The lowest BCUT2D eigenvalue weighted by atomic mass is 10.1. The van der Waals surface area contributed by atoms with Crippen LogP contribution in [0.2, 0.25) is 0 Å². The molecule has 0 N–H and O–H groups in total. The molecule has 23 heavy (non-hydrogen) atoms. The highest BCUT2D eigenvalue weighted by Crippen LogP contribution is 2.20. The van der Waals surface area contributed by atoms with Crippen molar-refractivity contribution in [3.63, 3.8) is 0 Å². The third-order valence-corrected chi connectivity index (χ3v) is 4.84. The Balaban J connectivity index is 1.58. The standard InChI is InChI=1S/C17H17NO4S/c1-23(20,21)16-9-7-13(8-10-16)17(19)18-11-15(12-18)22-14-5-3-2-4-6-14/h2-10,15H,11-12H2,1H3. The number of sulfone groups is 1. The summed E-state index contributed by atoms with van der Waals surface area (Å²) in [6.07, 6.45) is 1.14. The number of carbonyl (C=O) groups is 1. The van der Waals surface area contributed by atoms with Crippen molar-refractivity contribution in [3.8, 4) is 5.75 Å². The largest absolute Gasteiger partial charge is 0.487 e. The van der Waals surface area contributed by atoms with Crippen LogP contribution in [0.25, 0.3) is 0 Å². The molecule has 0 unspecified atom stereocenters. The Morgan fingerprint density at radius 1 is 1.04 bits per heavy atom. The van der Waals surface area contributed by atoms with Gasteiger partial charge >= 0.3 is 0 Å². The molecule has 0 saturated carbocycles. The van der Waals surface area contributed by atoms with Gasteiger partial charge < -0.3 is 9.64 Å². The number of para-hydroxylation sites is 1. The number of benzene rings is 2. The molecule has 0 radical (unpaired) electrons. The Morgan fingerprint density at radius 2 is 1.65 bits per heavy atom. The van der Waals surface area contributed by atoms with Gasteiger partial charge in [-0.25, -0.2) is 8.42 Å². The van der Waals surface area contributed by atoms with Crippen LogP contribution in [0.1, 0.15) is 10.4 Å². The van der Waals surface area contributed by atoms with E-state index >= 15 is 0 Å². The smallest absolute Gasteiger partial charge is 0.254 e. The molecule has 120 valence electrons. The van der Waals surface area contributed by atoms with Gasteiger partial charge in [0.25, 0.3) is 5.91 Å². The molecular formula is C17H17NO4S. The second-order valence-corrected chi connectivity index (χ2v) is 7.58. The van der Waals surface area contributed by atoms with Gasteiger partial charge in [0.1, 0.15) is 11.9 Å². The number of nitrogens with zero attached hydrogens (tertiary/aromatic N) is 1. The highest BCUT2D eigenvalue weighted by atomic mass is 32.2. The first-order valence-electron chi connectivity index (χ1n) is 7.24. The summed E-state index contributed by atoms with van der Waals surface area (Å²) in [5.74, 6) is 0.681. The average molecular weight is 331 g/mol. The van der Waals surface area contributed by atoms with E-state index < -0.39 is 9.84 Å². The van der Waals surface area contributed by atoms with Crippen LogP contribution in [0.3, 0.4) is 0 Å². The van der Waals surface area contributed by atoms with Crippen molar-refractivity contribution in [2.75, 3.05) is 19.3 Å². The maximum absolute atomic E-state index is 12.3. The van der Waals surface area contributed by atoms with Gasteiger partial charge in [-0.15, -0.1) is 0 Å². The summed E-state index contributed by atoms with van der Waals surface area (Å²) in [6.45, 7) is 1.06. The van der Waals surface area contributed by atoms with Crippen LogP contribution in [-0.2, 0) is 9.84 Å². The molecule has 0 bridgehead atoms. The van der Waals surface area contributed by atoms with Gasteiger partial charge in [0.15, 0.2) is 9.84 Å². The Hall–Kier alpha value is -2.34. The number of likely N-dealkylation sites (tertiary alicyclic amines) is 1. The van der Waals surface area contributed by atoms with E-state index in [2.05, 4.69) is 0 Å². The SMILES string of the molecule is CS(=O)(=O)c1ccc(C(=O)N2CC(Oc3ccccc3)C2)cc1. The van der Waals surface area contributed by atoms with Gasteiger partial charge in [-0.3, -0.25) is 4.79 Å². The quantitative estimate of drug-likeness (QED) is 0.859. The van der Waals surface area contributed by atoms with Gasteiger partial charge in [-0.1, -0.05) is 18.2 Å². The zero-order valence-corrected chi connectivity index (χ0v) is 13.5. The number of amides is 1. The molecule has 0 aromatic heterocycles. The van der Waals surface area contributed by atoms with E-state index in [9.17, 15) is 13.2 Å². The van der Waals surface area contributed by atoms with Crippen molar-refractivity contribution in [1.29, 1.82) is 0 Å². The molecule has 1 heterocycles. The fourth-order valence-corrected chi connectivity index (χ4v) is 3.03.